The summed E-state index contributed by atoms with van der Waals surface area (Å²) in [6.45, 7) is 2.04. The first-order chi connectivity index (χ1) is 10.6. The number of benzene rings is 1. The first-order valence-electron chi connectivity index (χ1n) is 7.11. The molecule has 0 saturated heterocycles. The maximum atomic E-state index is 11.9. The number of nitrogens with zero attached hydrogens (tertiary/aromatic N) is 3. The van der Waals surface area contributed by atoms with Crippen molar-refractivity contribution in [3.8, 4) is 0 Å². The van der Waals surface area contributed by atoms with Gasteiger partial charge in [-0.05, 0) is 55.0 Å². The largest absolute Gasteiger partial charge is 0.378 e. The maximum Gasteiger partial charge on any atom is 0.204 e. The predicted octanol–water partition coefficient (Wildman–Crippen LogP) is 3.33. The fourth-order valence-electron chi connectivity index (χ4n) is 2.40. The number of aromatic nitrogens is 1. The zero-order chi connectivity index (χ0) is 15.7. The topological polar surface area (TPSA) is 45.6 Å². The molecule has 110 valence electrons. The van der Waals surface area contributed by atoms with Gasteiger partial charge in [0.2, 0.25) is 5.78 Å². The van der Waals surface area contributed by atoms with E-state index < -0.39 is 0 Å². The van der Waals surface area contributed by atoms with Gasteiger partial charge in [0.25, 0.3) is 0 Å². The Bertz CT molecular complexity index is 804. The first kappa shape index (κ1) is 14.2. The summed E-state index contributed by atoms with van der Waals surface area (Å²) < 4.78 is 0. The number of carbonyl (C=O) groups excluding carboxylic acids is 1. The number of hydrogen-bond donors (Lipinski definition) is 0. The smallest absolute Gasteiger partial charge is 0.204 e. The molecule has 0 fully saturated rings. The van der Waals surface area contributed by atoms with E-state index in [1.807, 2.05) is 45.3 Å². The number of carbonyl (C=O) groups is 1. The Balaban J connectivity index is 2.06. The van der Waals surface area contributed by atoms with E-state index in [2.05, 4.69) is 16.0 Å². The molecule has 0 spiro atoms. The van der Waals surface area contributed by atoms with Crippen molar-refractivity contribution in [2.45, 2.75) is 6.92 Å². The van der Waals surface area contributed by atoms with Crippen molar-refractivity contribution in [3.63, 3.8) is 0 Å². The molecule has 0 radical (unpaired) electrons. The van der Waals surface area contributed by atoms with Crippen molar-refractivity contribution in [2.75, 3.05) is 19.0 Å². The molecule has 1 aliphatic rings. The van der Waals surface area contributed by atoms with Crippen molar-refractivity contribution >= 4 is 22.9 Å². The molecule has 0 N–H and O–H groups in total. The molecule has 4 nitrogen and oxygen atoms in total. The summed E-state index contributed by atoms with van der Waals surface area (Å²) in [7, 11) is 4.02. The molecule has 22 heavy (non-hydrogen) atoms. The molecule has 0 atom stereocenters. The number of ketones is 1. The molecule has 0 bridgehead atoms. The van der Waals surface area contributed by atoms with Crippen molar-refractivity contribution in [1.82, 2.24) is 4.98 Å². The first-order valence-corrected chi connectivity index (χ1v) is 7.11. The summed E-state index contributed by atoms with van der Waals surface area (Å²) in [6, 6.07) is 9.84. The van der Waals surface area contributed by atoms with E-state index in [9.17, 15) is 4.79 Å². The third-order valence-electron chi connectivity index (χ3n) is 3.65. The molecule has 1 aliphatic carbocycles. The zero-order valence-corrected chi connectivity index (χ0v) is 12.9. The standard InChI is InChI=1S/C18H17N3O/c1-12-11-13(21(2)3)6-7-15(12)20-16-8-9-17(22)18-14(16)5-4-10-19-18/h4-11H,1-3H3. The Labute approximate surface area is 129 Å². The average Bonchev–Trinajstić information content (AvgIpc) is 2.52. The average molecular weight is 291 g/mol. The molecule has 3 rings (SSSR count). The fraction of sp³-hybridized carbons (Fsp3) is 0.167. The van der Waals surface area contributed by atoms with Gasteiger partial charge in [0, 0.05) is 31.5 Å². The Hall–Kier alpha value is -2.75. The minimum Gasteiger partial charge on any atom is -0.378 e. The number of pyridine rings is 1. The van der Waals surface area contributed by atoms with Crippen LogP contribution in [0.4, 0.5) is 11.4 Å². The quantitative estimate of drug-likeness (QED) is 0.852. The van der Waals surface area contributed by atoms with Crippen LogP contribution in [0.1, 0.15) is 21.6 Å². The monoisotopic (exact) mass is 291 g/mol. The van der Waals surface area contributed by atoms with Gasteiger partial charge in [-0.25, -0.2) is 4.99 Å². The summed E-state index contributed by atoms with van der Waals surface area (Å²) in [5.74, 6) is -0.0748. The van der Waals surface area contributed by atoms with Crippen molar-refractivity contribution in [3.05, 3.63) is 65.5 Å². The lowest BCUT2D eigenvalue weighted by Gasteiger charge is -2.15. The van der Waals surface area contributed by atoms with Crippen LogP contribution >= 0.6 is 0 Å². The fourth-order valence-corrected chi connectivity index (χ4v) is 2.40. The van der Waals surface area contributed by atoms with Crippen LogP contribution in [-0.4, -0.2) is 30.6 Å². The molecule has 2 aromatic rings. The SMILES string of the molecule is Cc1cc(N(C)C)ccc1N=C1C=CC(=O)c2ncccc21. The molecule has 0 amide bonds. The number of fused-ring (bicyclic) bond motifs is 1. The van der Waals surface area contributed by atoms with Crippen molar-refractivity contribution in [1.29, 1.82) is 0 Å². The number of aliphatic imine (C=N–C) groups is 1. The highest BCUT2D eigenvalue weighted by Crippen LogP contribution is 2.26. The highest BCUT2D eigenvalue weighted by Gasteiger charge is 2.18. The lowest BCUT2D eigenvalue weighted by atomic mass is 9.99. The van der Waals surface area contributed by atoms with Crippen LogP contribution in [0.2, 0.25) is 0 Å². The van der Waals surface area contributed by atoms with Crippen LogP contribution in [0.5, 0.6) is 0 Å². The van der Waals surface area contributed by atoms with E-state index >= 15 is 0 Å². The summed E-state index contributed by atoms with van der Waals surface area (Å²) in [6.07, 6.45) is 4.91. The van der Waals surface area contributed by atoms with Crippen LogP contribution < -0.4 is 4.90 Å². The van der Waals surface area contributed by atoms with Crippen LogP contribution in [0.3, 0.4) is 0 Å². The molecular weight excluding hydrogens is 274 g/mol. The van der Waals surface area contributed by atoms with Crippen molar-refractivity contribution in [2.24, 2.45) is 4.99 Å². The van der Waals surface area contributed by atoms with E-state index in [1.165, 1.54) is 6.08 Å². The number of rotatable bonds is 2. The van der Waals surface area contributed by atoms with Gasteiger partial charge in [-0.3, -0.25) is 9.78 Å². The molecule has 1 aromatic heterocycles. The Kier molecular flexibility index (Phi) is 3.59. The van der Waals surface area contributed by atoms with Gasteiger partial charge in [-0.15, -0.1) is 0 Å². The summed E-state index contributed by atoms with van der Waals surface area (Å²) in [5, 5.41) is 0. The van der Waals surface area contributed by atoms with Crippen LogP contribution in [0.25, 0.3) is 0 Å². The minimum atomic E-state index is -0.0748. The normalized spacial score (nSPS) is 15.0. The second kappa shape index (κ2) is 5.56. The molecule has 0 saturated carbocycles. The summed E-state index contributed by atoms with van der Waals surface area (Å²) in [4.78, 5) is 22.8. The lowest BCUT2D eigenvalue weighted by molar-refractivity contribution is 0.104. The van der Waals surface area contributed by atoms with E-state index in [0.29, 0.717) is 5.69 Å². The molecule has 0 unspecified atom stereocenters. The Morgan fingerprint density at radius 3 is 2.68 bits per heavy atom. The van der Waals surface area contributed by atoms with Gasteiger partial charge >= 0.3 is 0 Å². The third-order valence-corrected chi connectivity index (χ3v) is 3.65. The second-order valence-corrected chi connectivity index (χ2v) is 5.46. The minimum absolute atomic E-state index is 0.0748. The molecule has 1 aromatic carbocycles. The summed E-state index contributed by atoms with van der Waals surface area (Å²) in [5.41, 5.74) is 5.14. The molecule has 0 aliphatic heterocycles. The predicted molar refractivity (Wildman–Crippen MR) is 89.4 cm³/mol. The number of hydrogen-bond acceptors (Lipinski definition) is 4. The van der Waals surface area contributed by atoms with Crippen molar-refractivity contribution < 1.29 is 4.79 Å². The van der Waals surface area contributed by atoms with Gasteiger partial charge < -0.3 is 4.90 Å². The van der Waals surface area contributed by atoms with E-state index in [4.69, 9.17) is 4.99 Å². The number of anilines is 1. The second-order valence-electron chi connectivity index (χ2n) is 5.46. The van der Waals surface area contributed by atoms with Gasteiger partial charge in [0.15, 0.2) is 0 Å². The van der Waals surface area contributed by atoms with Gasteiger partial charge in [0.1, 0.15) is 5.69 Å². The van der Waals surface area contributed by atoms with E-state index in [-0.39, 0.29) is 5.78 Å². The number of allylic oxidation sites excluding steroid dienone is 2. The highest BCUT2D eigenvalue weighted by atomic mass is 16.1. The zero-order valence-electron chi connectivity index (χ0n) is 12.9. The maximum absolute atomic E-state index is 11.9. The summed E-state index contributed by atoms with van der Waals surface area (Å²) >= 11 is 0. The molecule has 4 heteroatoms. The van der Waals surface area contributed by atoms with Crippen LogP contribution in [0, 0.1) is 6.92 Å². The Morgan fingerprint density at radius 1 is 1.14 bits per heavy atom. The van der Waals surface area contributed by atoms with E-state index in [0.717, 1.165) is 28.2 Å². The van der Waals surface area contributed by atoms with E-state index in [1.54, 1.807) is 12.3 Å². The van der Waals surface area contributed by atoms with Gasteiger partial charge in [-0.2, -0.15) is 0 Å². The van der Waals surface area contributed by atoms with Gasteiger partial charge in [0.05, 0.1) is 11.4 Å². The molecular formula is C18H17N3O. The van der Waals surface area contributed by atoms with Gasteiger partial charge in [-0.1, -0.05) is 0 Å². The number of aryl methyl sites for hydroxylation is 1. The van der Waals surface area contributed by atoms with Crippen LogP contribution in [-0.2, 0) is 0 Å². The lowest BCUT2D eigenvalue weighted by Crippen LogP contribution is -2.14. The molecule has 1 heterocycles. The highest BCUT2D eigenvalue weighted by molar-refractivity contribution is 6.23. The third kappa shape index (κ3) is 2.55. The Morgan fingerprint density at radius 2 is 1.95 bits per heavy atom. The van der Waals surface area contributed by atoms with Crippen LogP contribution in [0.15, 0.2) is 53.7 Å².